The largest absolute Gasteiger partial charge is 0.147 e. The van der Waals surface area contributed by atoms with Gasteiger partial charge in [0.1, 0.15) is 0 Å². The molecule has 0 N–H and O–H groups in total. The van der Waals surface area contributed by atoms with Crippen LogP contribution in [-0.4, -0.2) is 0 Å². The van der Waals surface area contributed by atoms with Crippen LogP contribution in [0.25, 0.3) is 0 Å². The van der Waals surface area contributed by atoms with E-state index in [4.69, 9.17) is 0 Å². The van der Waals surface area contributed by atoms with E-state index in [9.17, 15) is 0 Å². The predicted molar refractivity (Wildman–Crippen MR) is 14.5 cm³/mol. The van der Waals surface area contributed by atoms with Crippen molar-refractivity contribution in [3.05, 3.63) is 0 Å². The van der Waals surface area contributed by atoms with Gasteiger partial charge in [-0.15, -0.1) is 24.8 Å². The fourth-order valence-corrected chi connectivity index (χ4v) is 0. The maximum Gasteiger partial charge on any atom is 0 e. The molecule has 0 radical (unpaired) electrons. The molecule has 0 aromatic rings. The Kier molecular flexibility index (Phi) is 130. The molecule has 24 valence electrons. The summed E-state index contributed by atoms with van der Waals surface area (Å²) < 4.78 is 0. The number of halogens is 2. The zero-order valence-electron chi connectivity index (χ0n) is 1.82. The Balaban J connectivity index is 0. The number of rotatable bonds is 0. The molecule has 0 unspecified atom stereocenters. The first kappa shape index (κ1) is 30.1. The fourth-order valence-electron chi connectivity index (χ4n) is 0. The average molecular weight is 261 g/mol. The SMILES string of the molecule is Cl.Cl.[Ce].[Ti]. The van der Waals surface area contributed by atoms with Crippen LogP contribution in [0.5, 0.6) is 0 Å². The van der Waals surface area contributed by atoms with Crippen LogP contribution in [0.3, 0.4) is 0 Å². The van der Waals surface area contributed by atoms with E-state index in [1.54, 1.807) is 0 Å². The molecule has 0 amide bonds. The van der Waals surface area contributed by atoms with Crippen molar-refractivity contribution in [2.45, 2.75) is 0 Å². The van der Waals surface area contributed by atoms with Crippen molar-refractivity contribution in [1.29, 1.82) is 0 Å². The van der Waals surface area contributed by atoms with Gasteiger partial charge in [-0.25, -0.2) is 0 Å². The summed E-state index contributed by atoms with van der Waals surface area (Å²) in [5, 5.41) is 0. The molecule has 0 aliphatic rings. The molecule has 0 aromatic heterocycles. The van der Waals surface area contributed by atoms with Gasteiger partial charge in [0.2, 0.25) is 0 Å². The quantitative estimate of drug-likeness (QED) is 0.567. The third-order valence-corrected chi connectivity index (χ3v) is 0. The maximum absolute atomic E-state index is 0. The summed E-state index contributed by atoms with van der Waals surface area (Å²) in [4.78, 5) is 0. The molecule has 0 saturated carbocycles. The van der Waals surface area contributed by atoms with Crippen LogP contribution in [-0.2, 0) is 21.7 Å². The molecule has 0 aromatic carbocycles. The normalized spacial score (nSPS) is 0. The molecule has 0 bridgehead atoms. The number of hydrogen-bond acceptors (Lipinski definition) is 0. The topological polar surface area (TPSA) is 0 Å². The molecule has 0 rings (SSSR count). The van der Waals surface area contributed by atoms with Gasteiger partial charge >= 0.3 is 0 Å². The summed E-state index contributed by atoms with van der Waals surface area (Å²) in [5.74, 6) is 0. The number of hydrogen-bond donors (Lipinski definition) is 0. The Bertz CT molecular complexity index is 6.00. The zero-order chi connectivity index (χ0) is 0. The minimum absolute atomic E-state index is 0. The van der Waals surface area contributed by atoms with E-state index in [2.05, 4.69) is 0 Å². The van der Waals surface area contributed by atoms with Crippen molar-refractivity contribution in [1.82, 2.24) is 0 Å². The van der Waals surface area contributed by atoms with E-state index >= 15 is 0 Å². The third-order valence-electron chi connectivity index (χ3n) is 0. The van der Waals surface area contributed by atoms with Crippen LogP contribution < -0.4 is 0 Å². The molecule has 0 nitrogen and oxygen atoms in total. The van der Waals surface area contributed by atoms with Gasteiger partial charge in [-0.1, -0.05) is 0 Å². The van der Waals surface area contributed by atoms with Gasteiger partial charge < -0.3 is 0 Å². The van der Waals surface area contributed by atoms with Crippen LogP contribution in [0.1, 0.15) is 0 Å². The van der Waals surface area contributed by atoms with Crippen molar-refractivity contribution in [3.63, 3.8) is 0 Å². The molecule has 4 heavy (non-hydrogen) atoms. The maximum atomic E-state index is 0. The Morgan fingerprint density at radius 2 is 0.750 bits per heavy atom. The first-order valence-corrected chi connectivity index (χ1v) is 0. The van der Waals surface area contributed by atoms with Gasteiger partial charge in [-0.05, 0) is 0 Å². The molecule has 0 aliphatic carbocycles. The molecule has 0 atom stereocenters. The van der Waals surface area contributed by atoms with Crippen molar-refractivity contribution in [2.75, 3.05) is 0 Å². The van der Waals surface area contributed by atoms with E-state index in [1.165, 1.54) is 0 Å². The molecule has 0 aliphatic heterocycles. The summed E-state index contributed by atoms with van der Waals surface area (Å²) in [5.41, 5.74) is 0. The van der Waals surface area contributed by atoms with E-state index < -0.39 is 0 Å². The van der Waals surface area contributed by atoms with E-state index in [1.807, 2.05) is 0 Å². The second-order valence-corrected chi connectivity index (χ2v) is 0. The van der Waals surface area contributed by atoms with E-state index in [0.717, 1.165) is 0 Å². The first-order valence-electron chi connectivity index (χ1n) is 0. The Morgan fingerprint density at radius 1 is 0.750 bits per heavy atom. The molecule has 0 spiro atoms. The van der Waals surface area contributed by atoms with Crippen LogP contribution in [0.15, 0.2) is 0 Å². The zero-order valence-corrected chi connectivity index (χ0v) is 8.15. The van der Waals surface area contributed by atoms with Crippen LogP contribution in [0.2, 0.25) is 0 Å². The monoisotopic (exact) mass is 260 g/mol. The molecule has 0 saturated heterocycles. The van der Waals surface area contributed by atoms with Crippen molar-refractivity contribution < 1.29 is 63.5 Å². The molecule has 0 fully saturated rings. The van der Waals surface area contributed by atoms with Crippen molar-refractivity contribution in [2.24, 2.45) is 0 Å². The van der Waals surface area contributed by atoms with Crippen LogP contribution in [0, 0.1) is 41.7 Å². The predicted octanol–water partition coefficient (Wildman–Crippen LogP) is 0.841. The Hall–Kier alpha value is 2.67. The smallest absolute Gasteiger partial charge is 0 e. The standard InChI is InChI=1S/Ce.2ClH.Ti/h;2*1H;. The summed E-state index contributed by atoms with van der Waals surface area (Å²) in [6.07, 6.45) is 0. The van der Waals surface area contributed by atoms with Crippen molar-refractivity contribution in [3.8, 4) is 0 Å². The van der Waals surface area contributed by atoms with Gasteiger partial charge in [-0.2, -0.15) is 0 Å². The molecular formula is H2CeCl2Ti. The summed E-state index contributed by atoms with van der Waals surface area (Å²) in [6.45, 7) is 0. The van der Waals surface area contributed by atoms with Crippen LogP contribution >= 0.6 is 24.8 Å². The van der Waals surface area contributed by atoms with E-state index in [-0.39, 0.29) is 88.3 Å². The Labute approximate surface area is 86.6 Å². The molecular weight excluding hydrogens is 259 g/mol. The fraction of sp³-hybridized carbons (Fsp3) is 0. The van der Waals surface area contributed by atoms with Gasteiger partial charge in [0.15, 0.2) is 0 Å². The average Bonchev–Trinajstić information content (AvgIpc) is 0. The summed E-state index contributed by atoms with van der Waals surface area (Å²) in [6, 6.07) is 0. The summed E-state index contributed by atoms with van der Waals surface area (Å²) >= 11 is 0. The third kappa shape index (κ3) is 8.82. The summed E-state index contributed by atoms with van der Waals surface area (Å²) in [7, 11) is 0. The van der Waals surface area contributed by atoms with Gasteiger partial charge in [-0.3, -0.25) is 0 Å². The van der Waals surface area contributed by atoms with Crippen LogP contribution in [0.4, 0.5) is 0 Å². The minimum Gasteiger partial charge on any atom is -0.147 e. The van der Waals surface area contributed by atoms with Gasteiger partial charge in [0.25, 0.3) is 0 Å². The first-order chi connectivity index (χ1) is 0. The Morgan fingerprint density at radius 3 is 0.750 bits per heavy atom. The second kappa shape index (κ2) is 17.3. The van der Waals surface area contributed by atoms with Gasteiger partial charge in [0.05, 0.1) is 0 Å². The second-order valence-electron chi connectivity index (χ2n) is 0. The minimum atomic E-state index is 0. The molecule has 4 heteroatoms. The van der Waals surface area contributed by atoms with Gasteiger partial charge in [0, 0.05) is 63.5 Å². The molecule has 0 heterocycles. The van der Waals surface area contributed by atoms with Crippen molar-refractivity contribution >= 4 is 24.8 Å². The van der Waals surface area contributed by atoms with E-state index in [0.29, 0.717) is 0 Å².